The minimum absolute atomic E-state index is 0.0135. The summed E-state index contributed by atoms with van der Waals surface area (Å²) in [5, 5.41) is 2.82. The van der Waals surface area contributed by atoms with Crippen LogP contribution in [0, 0.1) is 0 Å². The summed E-state index contributed by atoms with van der Waals surface area (Å²) in [6, 6.07) is 7.84. The van der Waals surface area contributed by atoms with Crippen molar-refractivity contribution in [2.45, 2.75) is 20.4 Å². The molecule has 0 aliphatic heterocycles. The third kappa shape index (κ3) is 4.17. The minimum Gasteiger partial charge on any atom is -0.325 e. The Bertz CT molecular complexity index is 361. The highest BCUT2D eigenvalue weighted by Gasteiger charge is 2.07. The highest BCUT2D eigenvalue weighted by atomic mass is 16.1. The van der Waals surface area contributed by atoms with Crippen molar-refractivity contribution in [1.29, 1.82) is 0 Å². The summed E-state index contributed by atoms with van der Waals surface area (Å²) in [6.45, 7) is 7.11. The van der Waals surface area contributed by atoms with Crippen LogP contribution in [-0.2, 0) is 11.3 Å². The molecule has 0 heterocycles. The van der Waals surface area contributed by atoms with Gasteiger partial charge in [-0.3, -0.25) is 9.69 Å². The van der Waals surface area contributed by atoms with Gasteiger partial charge in [0.15, 0.2) is 0 Å². The van der Waals surface area contributed by atoms with Gasteiger partial charge in [-0.15, -0.1) is 0 Å². The average molecular weight is 235 g/mol. The SMILES string of the molecule is CCN(CC)Cc1ccccc1NC(=O)CN. The maximum Gasteiger partial charge on any atom is 0.238 e. The Balaban J connectivity index is 2.80. The van der Waals surface area contributed by atoms with Gasteiger partial charge in [-0.1, -0.05) is 32.0 Å². The summed E-state index contributed by atoms with van der Waals surface area (Å²) in [5.41, 5.74) is 7.28. The van der Waals surface area contributed by atoms with Crippen molar-refractivity contribution in [2.75, 3.05) is 25.0 Å². The van der Waals surface area contributed by atoms with Crippen LogP contribution in [0.5, 0.6) is 0 Å². The quantitative estimate of drug-likeness (QED) is 0.784. The lowest BCUT2D eigenvalue weighted by Crippen LogP contribution is -2.25. The first-order valence-corrected chi connectivity index (χ1v) is 6.01. The van der Waals surface area contributed by atoms with Gasteiger partial charge < -0.3 is 11.1 Å². The molecule has 94 valence electrons. The second-order valence-electron chi connectivity index (χ2n) is 3.87. The summed E-state index contributed by atoms with van der Waals surface area (Å²) < 4.78 is 0. The molecule has 0 spiro atoms. The van der Waals surface area contributed by atoms with E-state index >= 15 is 0 Å². The fourth-order valence-electron chi connectivity index (χ4n) is 1.67. The lowest BCUT2D eigenvalue weighted by molar-refractivity contribution is -0.114. The van der Waals surface area contributed by atoms with Gasteiger partial charge in [0.2, 0.25) is 5.91 Å². The van der Waals surface area contributed by atoms with Gasteiger partial charge >= 0.3 is 0 Å². The first kappa shape index (κ1) is 13.7. The predicted molar refractivity (Wildman–Crippen MR) is 70.8 cm³/mol. The third-order valence-electron chi connectivity index (χ3n) is 2.77. The number of carbonyl (C=O) groups excluding carboxylic acids is 1. The second kappa shape index (κ2) is 7.04. The molecule has 17 heavy (non-hydrogen) atoms. The Morgan fingerprint density at radius 1 is 1.29 bits per heavy atom. The molecule has 4 nitrogen and oxygen atoms in total. The first-order chi connectivity index (χ1) is 8.21. The third-order valence-corrected chi connectivity index (χ3v) is 2.77. The maximum absolute atomic E-state index is 11.3. The van der Waals surface area contributed by atoms with E-state index in [-0.39, 0.29) is 12.5 Å². The lowest BCUT2D eigenvalue weighted by atomic mass is 10.1. The molecule has 1 aromatic carbocycles. The van der Waals surface area contributed by atoms with Crippen LogP contribution >= 0.6 is 0 Å². The average Bonchev–Trinajstić information content (AvgIpc) is 2.37. The summed E-state index contributed by atoms with van der Waals surface area (Å²) in [6.07, 6.45) is 0. The number of hydrogen-bond donors (Lipinski definition) is 2. The van der Waals surface area contributed by atoms with Crippen LogP contribution in [0.3, 0.4) is 0 Å². The molecule has 0 aromatic heterocycles. The number of nitrogens with zero attached hydrogens (tertiary/aromatic N) is 1. The van der Waals surface area contributed by atoms with Gasteiger partial charge in [-0.25, -0.2) is 0 Å². The number of anilines is 1. The molecule has 4 heteroatoms. The van der Waals surface area contributed by atoms with Crippen molar-refractivity contribution >= 4 is 11.6 Å². The van der Waals surface area contributed by atoms with Gasteiger partial charge in [-0.05, 0) is 24.7 Å². The molecule has 0 saturated carbocycles. The Kier molecular flexibility index (Phi) is 5.66. The monoisotopic (exact) mass is 235 g/mol. The fraction of sp³-hybridized carbons (Fsp3) is 0.462. The summed E-state index contributed by atoms with van der Waals surface area (Å²) in [7, 11) is 0. The van der Waals surface area contributed by atoms with E-state index in [2.05, 4.69) is 24.1 Å². The first-order valence-electron chi connectivity index (χ1n) is 6.01. The molecule has 0 atom stereocenters. The van der Waals surface area contributed by atoms with E-state index in [1.165, 1.54) is 0 Å². The van der Waals surface area contributed by atoms with Crippen molar-refractivity contribution in [3.8, 4) is 0 Å². The van der Waals surface area contributed by atoms with Gasteiger partial charge in [-0.2, -0.15) is 0 Å². The van der Waals surface area contributed by atoms with Crippen LogP contribution in [0.15, 0.2) is 24.3 Å². The largest absolute Gasteiger partial charge is 0.325 e. The summed E-state index contributed by atoms with van der Waals surface area (Å²) in [4.78, 5) is 13.6. The van der Waals surface area contributed by atoms with Gasteiger partial charge in [0.05, 0.1) is 6.54 Å². The van der Waals surface area contributed by atoms with Gasteiger partial charge in [0.25, 0.3) is 0 Å². The Hall–Kier alpha value is -1.39. The molecule has 1 amide bonds. The van der Waals surface area contributed by atoms with Gasteiger partial charge in [0, 0.05) is 12.2 Å². The summed E-state index contributed by atoms with van der Waals surface area (Å²) >= 11 is 0. The number of carbonyl (C=O) groups is 1. The molecule has 1 rings (SSSR count). The lowest BCUT2D eigenvalue weighted by Gasteiger charge is -2.20. The molecule has 3 N–H and O–H groups in total. The molecular weight excluding hydrogens is 214 g/mol. The van der Waals surface area contributed by atoms with Crippen LogP contribution in [0.1, 0.15) is 19.4 Å². The normalized spacial score (nSPS) is 10.6. The Labute approximate surface area is 103 Å². The molecule has 0 aliphatic rings. The van der Waals surface area contributed by atoms with E-state index in [9.17, 15) is 4.79 Å². The van der Waals surface area contributed by atoms with Crippen LogP contribution in [-0.4, -0.2) is 30.4 Å². The van der Waals surface area contributed by atoms with E-state index in [1.54, 1.807) is 0 Å². The van der Waals surface area contributed by atoms with Crippen molar-refractivity contribution in [3.63, 3.8) is 0 Å². The Morgan fingerprint density at radius 2 is 1.94 bits per heavy atom. The topological polar surface area (TPSA) is 58.4 Å². The molecular formula is C13H21N3O. The minimum atomic E-state index is -0.156. The van der Waals surface area contributed by atoms with E-state index < -0.39 is 0 Å². The molecule has 0 fully saturated rings. The van der Waals surface area contributed by atoms with Crippen molar-refractivity contribution < 1.29 is 4.79 Å². The zero-order valence-corrected chi connectivity index (χ0v) is 10.6. The van der Waals surface area contributed by atoms with E-state index in [4.69, 9.17) is 5.73 Å². The molecule has 0 bridgehead atoms. The smallest absolute Gasteiger partial charge is 0.238 e. The summed E-state index contributed by atoms with van der Waals surface area (Å²) in [5.74, 6) is -0.156. The maximum atomic E-state index is 11.3. The highest BCUT2D eigenvalue weighted by Crippen LogP contribution is 2.16. The van der Waals surface area contributed by atoms with Crippen molar-refractivity contribution in [2.24, 2.45) is 5.73 Å². The van der Waals surface area contributed by atoms with Crippen LogP contribution in [0.4, 0.5) is 5.69 Å². The standard InChI is InChI=1S/C13H21N3O/c1-3-16(4-2)10-11-7-5-6-8-12(11)15-13(17)9-14/h5-8H,3-4,9-10,14H2,1-2H3,(H,15,17). The fourth-order valence-corrected chi connectivity index (χ4v) is 1.67. The van der Waals surface area contributed by atoms with Crippen LogP contribution < -0.4 is 11.1 Å². The van der Waals surface area contributed by atoms with Crippen molar-refractivity contribution in [1.82, 2.24) is 4.90 Å². The highest BCUT2D eigenvalue weighted by molar-refractivity contribution is 5.92. The molecule has 1 aromatic rings. The number of nitrogens with two attached hydrogens (primary N) is 1. The van der Waals surface area contributed by atoms with E-state index in [1.807, 2.05) is 24.3 Å². The van der Waals surface area contributed by atoms with Crippen LogP contribution in [0.2, 0.25) is 0 Å². The van der Waals surface area contributed by atoms with Gasteiger partial charge in [0.1, 0.15) is 0 Å². The number of para-hydroxylation sites is 1. The van der Waals surface area contributed by atoms with Crippen molar-refractivity contribution in [3.05, 3.63) is 29.8 Å². The Morgan fingerprint density at radius 3 is 2.53 bits per heavy atom. The molecule has 0 radical (unpaired) electrons. The second-order valence-corrected chi connectivity index (χ2v) is 3.87. The number of benzene rings is 1. The zero-order valence-electron chi connectivity index (χ0n) is 10.6. The van der Waals surface area contributed by atoms with E-state index in [0.717, 1.165) is 30.9 Å². The number of rotatable bonds is 6. The predicted octanol–water partition coefficient (Wildman–Crippen LogP) is 1.43. The number of hydrogen-bond acceptors (Lipinski definition) is 3. The number of nitrogens with one attached hydrogen (secondary N) is 1. The number of amides is 1. The molecule has 0 unspecified atom stereocenters. The van der Waals surface area contributed by atoms with E-state index in [0.29, 0.717) is 0 Å². The van der Waals surface area contributed by atoms with Crippen LogP contribution in [0.25, 0.3) is 0 Å². The zero-order chi connectivity index (χ0) is 12.7. The molecule has 0 aliphatic carbocycles. The molecule has 0 saturated heterocycles.